The number of aliphatic hydroxyl groups is 1. The molecule has 5 heteroatoms. The van der Waals surface area contributed by atoms with Gasteiger partial charge in [0, 0.05) is 17.0 Å². The van der Waals surface area contributed by atoms with Gasteiger partial charge in [-0.3, -0.25) is 4.79 Å². The summed E-state index contributed by atoms with van der Waals surface area (Å²) in [6.45, 7) is 1.92. The van der Waals surface area contributed by atoms with Crippen LogP contribution in [0.5, 0.6) is 5.75 Å². The first-order valence-electron chi connectivity index (χ1n) is 8.59. The fraction of sp³-hybridized carbons (Fsp3) is 0.286. The number of carbonyl (C=O) groups is 1. The van der Waals surface area contributed by atoms with E-state index in [-0.39, 0.29) is 25.0 Å². The second-order valence-electron chi connectivity index (χ2n) is 6.38. The number of methoxy groups -OCH3 is 1. The average Bonchev–Trinajstić information content (AvgIpc) is 3.04. The summed E-state index contributed by atoms with van der Waals surface area (Å²) in [5, 5.41) is 13.4. The summed E-state index contributed by atoms with van der Waals surface area (Å²) in [5.41, 5.74) is 3.76. The van der Waals surface area contributed by atoms with E-state index in [0.29, 0.717) is 17.8 Å². The summed E-state index contributed by atoms with van der Waals surface area (Å²) in [6.07, 6.45) is 2.39. The van der Waals surface area contributed by atoms with Crippen LogP contribution >= 0.6 is 0 Å². The molecule has 3 aromatic rings. The van der Waals surface area contributed by atoms with Crippen LogP contribution in [0.15, 0.2) is 53.1 Å². The number of nitrogens with one attached hydrogen (secondary N) is 1. The van der Waals surface area contributed by atoms with Gasteiger partial charge in [-0.2, -0.15) is 0 Å². The van der Waals surface area contributed by atoms with E-state index < -0.39 is 0 Å². The third-order valence-electron chi connectivity index (χ3n) is 4.53. The Morgan fingerprint density at radius 1 is 1.23 bits per heavy atom. The molecule has 0 saturated heterocycles. The molecule has 0 aliphatic rings. The van der Waals surface area contributed by atoms with Gasteiger partial charge in [0.15, 0.2) is 0 Å². The minimum atomic E-state index is -0.318. The van der Waals surface area contributed by atoms with Crippen LogP contribution in [0, 0.1) is 6.92 Å². The molecule has 2 N–H and O–H groups in total. The van der Waals surface area contributed by atoms with Crippen molar-refractivity contribution in [1.82, 2.24) is 5.32 Å². The zero-order chi connectivity index (χ0) is 18.5. The Labute approximate surface area is 152 Å². The van der Waals surface area contributed by atoms with Gasteiger partial charge in [0.25, 0.3) is 0 Å². The van der Waals surface area contributed by atoms with Crippen LogP contribution in [0.25, 0.3) is 11.0 Å². The fourth-order valence-corrected chi connectivity index (χ4v) is 3.04. The normalized spacial score (nSPS) is 12.1. The van der Waals surface area contributed by atoms with Gasteiger partial charge in [0.2, 0.25) is 5.91 Å². The quantitative estimate of drug-likeness (QED) is 0.685. The van der Waals surface area contributed by atoms with E-state index in [1.54, 1.807) is 19.4 Å². The monoisotopic (exact) mass is 353 g/mol. The first-order chi connectivity index (χ1) is 12.6. The summed E-state index contributed by atoms with van der Waals surface area (Å²) < 4.78 is 10.7. The van der Waals surface area contributed by atoms with Crippen molar-refractivity contribution in [3.05, 3.63) is 65.4 Å². The SMILES string of the molecule is COc1ccc2c(CC(=O)N[C@@H](CO)Cc3ccccc3C)coc2c1. The van der Waals surface area contributed by atoms with Gasteiger partial charge in [-0.1, -0.05) is 24.3 Å². The zero-order valence-electron chi connectivity index (χ0n) is 15.0. The Morgan fingerprint density at radius 3 is 2.77 bits per heavy atom. The molecule has 5 nitrogen and oxygen atoms in total. The summed E-state index contributed by atoms with van der Waals surface area (Å²) in [5.74, 6) is 0.567. The van der Waals surface area contributed by atoms with E-state index in [9.17, 15) is 9.90 Å². The molecule has 0 saturated carbocycles. The molecule has 3 rings (SSSR count). The maximum Gasteiger partial charge on any atom is 0.224 e. The number of rotatable bonds is 7. The highest BCUT2D eigenvalue weighted by Crippen LogP contribution is 2.25. The molecule has 1 atom stereocenters. The number of aryl methyl sites for hydroxylation is 1. The Balaban J connectivity index is 1.67. The number of amides is 1. The molecule has 0 bridgehead atoms. The van der Waals surface area contributed by atoms with Gasteiger partial charge in [0.1, 0.15) is 11.3 Å². The van der Waals surface area contributed by atoms with Gasteiger partial charge in [-0.15, -0.1) is 0 Å². The number of furan rings is 1. The second kappa shape index (κ2) is 8.06. The van der Waals surface area contributed by atoms with Gasteiger partial charge >= 0.3 is 0 Å². The lowest BCUT2D eigenvalue weighted by Gasteiger charge is -2.17. The summed E-state index contributed by atoms with van der Waals surface area (Å²) in [6, 6.07) is 13.2. The second-order valence-corrected chi connectivity index (χ2v) is 6.38. The smallest absolute Gasteiger partial charge is 0.224 e. The topological polar surface area (TPSA) is 71.7 Å². The Hall–Kier alpha value is -2.79. The summed E-state index contributed by atoms with van der Waals surface area (Å²) in [7, 11) is 1.60. The van der Waals surface area contributed by atoms with Crippen molar-refractivity contribution in [1.29, 1.82) is 0 Å². The van der Waals surface area contributed by atoms with Gasteiger partial charge in [0.05, 0.1) is 32.4 Å². The molecule has 0 unspecified atom stereocenters. The van der Waals surface area contributed by atoms with Crippen molar-refractivity contribution in [2.45, 2.75) is 25.8 Å². The number of hydrogen-bond acceptors (Lipinski definition) is 4. The molecule has 26 heavy (non-hydrogen) atoms. The maximum absolute atomic E-state index is 12.4. The Kier molecular flexibility index (Phi) is 5.58. The predicted octanol–water partition coefficient (Wildman–Crippen LogP) is 3.01. The highest BCUT2D eigenvalue weighted by molar-refractivity contribution is 5.88. The Morgan fingerprint density at radius 2 is 2.04 bits per heavy atom. The van der Waals surface area contributed by atoms with Crippen LogP contribution in [-0.2, 0) is 17.6 Å². The number of ether oxygens (including phenoxy) is 1. The number of aliphatic hydroxyl groups excluding tert-OH is 1. The van der Waals surface area contributed by atoms with Crippen LogP contribution < -0.4 is 10.1 Å². The molecule has 1 aromatic heterocycles. The standard InChI is InChI=1S/C21H23NO4/c1-14-5-3-4-6-15(14)9-17(12-23)22-21(24)10-16-13-26-20-11-18(25-2)7-8-19(16)20/h3-8,11,13,17,23H,9-10,12H2,1-2H3,(H,22,24)/t17-/m1/s1. The van der Waals surface area contributed by atoms with Crippen molar-refractivity contribution < 1.29 is 19.1 Å². The summed E-state index contributed by atoms with van der Waals surface area (Å²) in [4.78, 5) is 12.4. The van der Waals surface area contributed by atoms with Crippen LogP contribution in [-0.4, -0.2) is 30.8 Å². The largest absolute Gasteiger partial charge is 0.497 e. The average molecular weight is 353 g/mol. The van der Waals surface area contributed by atoms with Gasteiger partial charge < -0.3 is 19.6 Å². The lowest BCUT2D eigenvalue weighted by atomic mass is 10.0. The van der Waals surface area contributed by atoms with E-state index in [4.69, 9.17) is 9.15 Å². The molecular formula is C21H23NO4. The van der Waals surface area contributed by atoms with Crippen LogP contribution in [0.3, 0.4) is 0 Å². The predicted molar refractivity (Wildman–Crippen MR) is 100 cm³/mol. The number of hydrogen-bond donors (Lipinski definition) is 2. The third kappa shape index (κ3) is 4.06. The molecule has 1 heterocycles. The van der Waals surface area contributed by atoms with Crippen LogP contribution in [0.2, 0.25) is 0 Å². The van der Waals surface area contributed by atoms with Crippen molar-refractivity contribution in [3.63, 3.8) is 0 Å². The molecule has 0 spiro atoms. The highest BCUT2D eigenvalue weighted by Gasteiger charge is 2.16. The van der Waals surface area contributed by atoms with Crippen molar-refractivity contribution in [3.8, 4) is 5.75 Å². The van der Waals surface area contributed by atoms with E-state index in [0.717, 1.165) is 22.1 Å². The molecule has 0 fully saturated rings. The van der Waals surface area contributed by atoms with Crippen LogP contribution in [0.1, 0.15) is 16.7 Å². The lowest BCUT2D eigenvalue weighted by Crippen LogP contribution is -2.40. The van der Waals surface area contributed by atoms with E-state index in [1.807, 2.05) is 43.3 Å². The molecular weight excluding hydrogens is 330 g/mol. The fourth-order valence-electron chi connectivity index (χ4n) is 3.04. The molecule has 0 aliphatic heterocycles. The van der Waals surface area contributed by atoms with E-state index in [2.05, 4.69) is 5.32 Å². The third-order valence-corrected chi connectivity index (χ3v) is 4.53. The highest BCUT2D eigenvalue weighted by atomic mass is 16.5. The molecule has 1 amide bonds. The van der Waals surface area contributed by atoms with Gasteiger partial charge in [-0.05, 0) is 36.6 Å². The lowest BCUT2D eigenvalue weighted by molar-refractivity contribution is -0.121. The zero-order valence-corrected chi connectivity index (χ0v) is 15.0. The molecule has 2 aromatic carbocycles. The first kappa shape index (κ1) is 18.0. The molecule has 0 radical (unpaired) electrons. The van der Waals surface area contributed by atoms with Crippen LogP contribution in [0.4, 0.5) is 0 Å². The van der Waals surface area contributed by atoms with Crippen molar-refractivity contribution >= 4 is 16.9 Å². The van der Waals surface area contributed by atoms with Crippen molar-refractivity contribution in [2.24, 2.45) is 0 Å². The maximum atomic E-state index is 12.4. The van der Waals surface area contributed by atoms with E-state index >= 15 is 0 Å². The minimum Gasteiger partial charge on any atom is -0.497 e. The number of carbonyl (C=O) groups excluding carboxylic acids is 1. The molecule has 0 aliphatic carbocycles. The number of benzene rings is 2. The Bertz CT molecular complexity index is 900. The van der Waals surface area contributed by atoms with Crippen molar-refractivity contribution in [2.75, 3.05) is 13.7 Å². The first-order valence-corrected chi connectivity index (χ1v) is 8.59. The minimum absolute atomic E-state index is 0.108. The molecule has 136 valence electrons. The number of fused-ring (bicyclic) bond motifs is 1. The van der Waals surface area contributed by atoms with E-state index in [1.165, 1.54) is 0 Å². The summed E-state index contributed by atoms with van der Waals surface area (Å²) >= 11 is 0. The van der Waals surface area contributed by atoms with Gasteiger partial charge in [-0.25, -0.2) is 0 Å².